The number of benzene rings is 2. The minimum atomic E-state index is -0.661. The Morgan fingerprint density at radius 1 is 1.04 bits per heavy atom. The largest absolute Gasteiger partial charge is 0.341 e. The van der Waals surface area contributed by atoms with Gasteiger partial charge in [-0.2, -0.15) is 0 Å². The molecule has 0 fully saturated rings. The van der Waals surface area contributed by atoms with Gasteiger partial charge in [-0.15, -0.1) is 6.42 Å². The van der Waals surface area contributed by atoms with Crippen LogP contribution in [0.2, 0.25) is 0 Å². The van der Waals surface area contributed by atoms with Gasteiger partial charge in [-0.05, 0) is 30.3 Å². The quantitative estimate of drug-likeness (QED) is 0.722. The van der Waals surface area contributed by atoms with E-state index >= 15 is 0 Å². The summed E-state index contributed by atoms with van der Waals surface area (Å²) in [5.74, 6) is 0.175. The summed E-state index contributed by atoms with van der Waals surface area (Å²) >= 11 is 0. The number of para-hydroxylation sites is 1. The zero-order valence-corrected chi connectivity index (χ0v) is 13.9. The Hall–Kier alpha value is -3.66. The molecule has 2 rings (SSSR count). The van der Waals surface area contributed by atoms with Crippen molar-refractivity contribution in [2.45, 2.75) is 6.92 Å². The molecule has 0 saturated carbocycles. The second kappa shape index (κ2) is 8.44. The lowest BCUT2D eigenvalue weighted by Crippen LogP contribution is -2.25. The fourth-order valence-electron chi connectivity index (χ4n) is 2.16. The second-order valence-corrected chi connectivity index (χ2v) is 5.26. The summed E-state index contributed by atoms with van der Waals surface area (Å²) in [6, 6.07) is 9.96. The molecule has 0 saturated heterocycles. The molecule has 0 aliphatic heterocycles. The Balaban J connectivity index is 2.24. The number of halogens is 1. The van der Waals surface area contributed by atoms with Gasteiger partial charge >= 0.3 is 0 Å². The molecule has 26 heavy (non-hydrogen) atoms. The molecule has 0 unspecified atom stereocenters. The van der Waals surface area contributed by atoms with Crippen LogP contribution >= 0.6 is 0 Å². The van der Waals surface area contributed by atoms with Crippen molar-refractivity contribution in [3.05, 3.63) is 59.4 Å². The van der Waals surface area contributed by atoms with Crippen molar-refractivity contribution >= 4 is 29.1 Å². The number of hydrogen-bond donors (Lipinski definition) is 3. The topological polar surface area (TPSA) is 87.3 Å². The first-order chi connectivity index (χ1) is 12.4. The lowest BCUT2D eigenvalue weighted by Gasteiger charge is -2.11. The summed E-state index contributed by atoms with van der Waals surface area (Å²) in [6.45, 7) is 1.29. The highest BCUT2D eigenvalue weighted by molar-refractivity contribution is 6.09. The third-order valence-electron chi connectivity index (χ3n) is 3.31. The lowest BCUT2D eigenvalue weighted by atomic mass is 10.1. The molecule has 7 heteroatoms. The van der Waals surface area contributed by atoms with Gasteiger partial charge < -0.3 is 16.0 Å². The molecule has 0 aromatic heterocycles. The molecule has 3 N–H and O–H groups in total. The normalized spacial score (nSPS) is 9.73. The van der Waals surface area contributed by atoms with Crippen LogP contribution in [0.25, 0.3) is 0 Å². The molecule has 2 aromatic rings. The van der Waals surface area contributed by atoms with Gasteiger partial charge in [0.2, 0.25) is 5.91 Å². The number of carbonyl (C=O) groups excluding carboxylic acids is 3. The molecule has 0 atom stereocenters. The first-order valence-electron chi connectivity index (χ1n) is 7.61. The van der Waals surface area contributed by atoms with Crippen molar-refractivity contribution in [3.63, 3.8) is 0 Å². The van der Waals surface area contributed by atoms with Crippen molar-refractivity contribution in [2.24, 2.45) is 0 Å². The molecule has 0 aliphatic carbocycles. The third-order valence-corrected chi connectivity index (χ3v) is 3.31. The van der Waals surface area contributed by atoms with Crippen molar-refractivity contribution in [1.29, 1.82) is 0 Å². The van der Waals surface area contributed by atoms with Crippen molar-refractivity contribution in [2.75, 3.05) is 17.2 Å². The summed E-state index contributed by atoms with van der Waals surface area (Å²) in [4.78, 5) is 35.7. The monoisotopic (exact) mass is 353 g/mol. The van der Waals surface area contributed by atoms with Crippen molar-refractivity contribution in [1.82, 2.24) is 5.32 Å². The van der Waals surface area contributed by atoms with Gasteiger partial charge in [0, 0.05) is 12.5 Å². The minimum absolute atomic E-state index is 0.0547. The maximum atomic E-state index is 13.7. The SMILES string of the molecule is C#CCNC(=O)c1ccccc1NC(=O)c1ccc(F)c(NC(C)=O)c1. The first kappa shape index (κ1) is 18.7. The molecule has 132 valence electrons. The molecular formula is C19H16FN3O3. The van der Waals surface area contributed by atoms with Gasteiger partial charge in [-0.1, -0.05) is 18.1 Å². The molecule has 2 aromatic carbocycles. The molecule has 6 nitrogen and oxygen atoms in total. The third kappa shape index (κ3) is 4.68. The Kier molecular flexibility index (Phi) is 6.06. The van der Waals surface area contributed by atoms with Crippen LogP contribution in [0.4, 0.5) is 15.8 Å². The fourth-order valence-corrected chi connectivity index (χ4v) is 2.16. The van der Waals surface area contributed by atoms with E-state index < -0.39 is 23.5 Å². The van der Waals surface area contributed by atoms with Crippen LogP contribution in [-0.2, 0) is 4.79 Å². The summed E-state index contributed by atoms with van der Waals surface area (Å²) in [5, 5.41) is 7.42. The molecule has 0 bridgehead atoms. The Bertz CT molecular complexity index is 903. The van der Waals surface area contributed by atoms with Crippen LogP contribution in [0.5, 0.6) is 0 Å². The van der Waals surface area contributed by atoms with Crippen LogP contribution in [0.1, 0.15) is 27.6 Å². The van der Waals surface area contributed by atoms with Crippen LogP contribution < -0.4 is 16.0 Å². The van der Waals surface area contributed by atoms with Crippen LogP contribution in [0, 0.1) is 18.2 Å². The summed E-state index contributed by atoms with van der Waals surface area (Å²) in [6.07, 6.45) is 5.12. The predicted octanol–water partition coefficient (Wildman–Crippen LogP) is 2.40. The number of amides is 3. The van der Waals surface area contributed by atoms with E-state index in [9.17, 15) is 18.8 Å². The van der Waals surface area contributed by atoms with E-state index in [4.69, 9.17) is 6.42 Å². The van der Waals surface area contributed by atoms with E-state index in [0.29, 0.717) is 0 Å². The molecular weight excluding hydrogens is 337 g/mol. The summed E-state index contributed by atoms with van der Waals surface area (Å²) < 4.78 is 13.7. The number of terminal acetylenes is 1. The number of anilines is 2. The van der Waals surface area contributed by atoms with E-state index in [1.54, 1.807) is 18.2 Å². The van der Waals surface area contributed by atoms with Gasteiger partial charge in [0.05, 0.1) is 23.5 Å². The zero-order chi connectivity index (χ0) is 19.1. The predicted molar refractivity (Wildman–Crippen MR) is 96.3 cm³/mol. The van der Waals surface area contributed by atoms with Gasteiger partial charge in [0.15, 0.2) is 0 Å². The number of carbonyl (C=O) groups is 3. The van der Waals surface area contributed by atoms with Crippen LogP contribution in [0.15, 0.2) is 42.5 Å². The standard InChI is InChI=1S/C19H16FN3O3/c1-3-10-21-19(26)14-6-4-5-7-16(14)23-18(25)13-8-9-15(20)17(11-13)22-12(2)24/h1,4-9,11H,10H2,2H3,(H,21,26)(H,22,24)(H,23,25). The van der Waals surface area contributed by atoms with E-state index in [-0.39, 0.29) is 29.0 Å². The highest BCUT2D eigenvalue weighted by Gasteiger charge is 2.15. The van der Waals surface area contributed by atoms with Crippen molar-refractivity contribution in [3.8, 4) is 12.3 Å². The average Bonchev–Trinajstić information content (AvgIpc) is 2.61. The summed E-state index contributed by atoms with van der Waals surface area (Å²) in [5.41, 5.74) is 0.525. The van der Waals surface area contributed by atoms with Gasteiger partial charge in [-0.3, -0.25) is 14.4 Å². The maximum Gasteiger partial charge on any atom is 0.255 e. The van der Waals surface area contributed by atoms with Gasteiger partial charge in [0.1, 0.15) is 5.82 Å². The van der Waals surface area contributed by atoms with Crippen LogP contribution in [-0.4, -0.2) is 24.3 Å². The molecule has 0 spiro atoms. The number of rotatable bonds is 5. The lowest BCUT2D eigenvalue weighted by molar-refractivity contribution is -0.114. The highest BCUT2D eigenvalue weighted by atomic mass is 19.1. The average molecular weight is 353 g/mol. The Morgan fingerprint density at radius 3 is 2.46 bits per heavy atom. The van der Waals surface area contributed by atoms with E-state index in [2.05, 4.69) is 21.9 Å². The summed E-state index contributed by atoms with van der Waals surface area (Å²) in [7, 11) is 0. The van der Waals surface area contributed by atoms with Crippen molar-refractivity contribution < 1.29 is 18.8 Å². The number of nitrogens with one attached hydrogen (secondary N) is 3. The first-order valence-corrected chi connectivity index (χ1v) is 7.61. The molecule has 0 aliphatic rings. The highest BCUT2D eigenvalue weighted by Crippen LogP contribution is 2.19. The Morgan fingerprint density at radius 2 is 1.77 bits per heavy atom. The number of hydrogen-bond acceptors (Lipinski definition) is 3. The smallest absolute Gasteiger partial charge is 0.255 e. The minimum Gasteiger partial charge on any atom is -0.341 e. The van der Waals surface area contributed by atoms with Gasteiger partial charge in [0.25, 0.3) is 11.8 Å². The van der Waals surface area contributed by atoms with E-state index in [1.165, 1.54) is 25.1 Å². The zero-order valence-electron chi connectivity index (χ0n) is 13.9. The van der Waals surface area contributed by atoms with Gasteiger partial charge in [-0.25, -0.2) is 4.39 Å². The van der Waals surface area contributed by atoms with Crippen LogP contribution in [0.3, 0.4) is 0 Å². The maximum absolute atomic E-state index is 13.7. The van der Waals surface area contributed by atoms with E-state index in [0.717, 1.165) is 6.07 Å². The molecule has 0 radical (unpaired) electrons. The Labute approximate surface area is 149 Å². The second-order valence-electron chi connectivity index (χ2n) is 5.26. The molecule has 3 amide bonds. The molecule has 0 heterocycles. The fraction of sp³-hybridized carbons (Fsp3) is 0.105. The van der Waals surface area contributed by atoms with E-state index in [1.807, 2.05) is 0 Å².